The topological polar surface area (TPSA) is 37.3 Å². The summed E-state index contributed by atoms with van der Waals surface area (Å²) in [6, 6.07) is 0. The van der Waals surface area contributed by atoms with Crippen molar-refractivity contribution in [2.75, 3.05) is 0 Å². The molecule has 3 unspecified atom stereocenters. The molecular formula is C20H28O2. The minimum absolute atomic E-state index is 0.228. The first-order chi connectivity index (χ1) is 10.4. The molecular weight excluding hydrogens is 272 g/mol. The summed E-state index contributed by atoms with van der Waals surface area (Å²) >= 11 is 0. The van der Waals surface area contributed by atoms with Crippen LogP contribution in [0.1, 0.15) is 65.2 Å². The van der Waals surface area contributed by atoms with Crippen LogP contribution in [0.5, 0.6) is 0 Å². The van der Waals surface area contributed by atoms with Gasteiger partial charge in [-0.05, 0) is 85.2 Å². The maximum Gasteiger partial charge on any atom is 0.331 e. The third-order valence-electron chi connectivity index (χ3n) is 7.82. The highest BCUT2D eigenvalue weighted by molar-refractivity contribution is 5.87. The summed E-state index contributed by atoms with van der Waals surface area (Å²) in [5, 5.41) is 9.31. The Morgan fingerprint density at radius 1 is 1.18 bits per heavy atom. The van der Waals surface area contributed by atoms with Crippen LogP contribution < -0.4 is 0 Å². The summed E-state index contributed by atoms with van der Waals surface area (Å²) in [6.07, 6.45) is 14.4. The third kappa shape index (κ3) is 1.88. The van der Waals surface area contributed by atoms with Crippen molar-refractivity contribution in [1.82, 2.24) is 0 Å². The molecule has 0 saturated heterocycles. The van der Waals surface area contributed by atoms with Crippen LogP contribution in [-0.4, -0.2) is 11.1 Å². The number of hydrogen-bond acceptors (Lipinski definition) is 1. The lowest BCUT2D eigenvalue weighted by atomic mass is 9.48. The second-order valence-electron chi connectivity index (χ2n) is 8.75. The molecule has 2 saturated carbocycles. The number of allylic oxidation sites excluding steroid dienone is 3. The molecule has 22 heavy (non-hydrogen) atoms. The van der Waals surface area contributed by atoms with Crippen molar-refractivity contribution < 1.29 is 9.90 Å². The highest BCUT2D eigenvalue weighted by atomic mass is 16.4. The maximum absolute atomic E-state index is 11.3. The van der Waals surface area contributed by atoms with Crippen LogP contribution in [0.25, 0.3) is 0 Å². The molecule has 2 fully saturated rings. The number of hydrogen-bond donors (Lipinski definition) is 1. The molecule has 0 heterocycles. The minimum atomic E-state index is -0.725. The third-order valence-corrected chi connectivity index (χ3v) is 7.82. The van der Waals surface area contributed by atoms with E-state index in [0.29, 0.717) is 11.0 Å². The molecule has 4 aliphatic rings. The molecule has 0 aromatic carbocycles. The van der Waals surface area contributed by atoms with E-state index in [1.54, 1.807) is 0 Å². The fraction of sp³-hybridized carbons (Fsp3) is 0.750. The molecule has 0 amide bonds. The molecule has 0 aromatic heterocycles. The maximum atomic E-state index is 11.3. The van der Waals surface area contributed by atoms with Gasteiger partial charge in [0.15, 0.2) is 0 Å². The number of carboxylic acid groups (broad SMARTS) is 1. The highest BCUT2D eigenvalue weighted by Crippen LogP contribution is 2.64. The van der Waals surface area contributed by atoms with Gasteiger partial charge in [0.05, 0.1) is 0 Å². The van der Waals surface area contributed by atoms with Crippen LogP contribution in [0.15, 0.2) is 23.3 Å². The summed E-state index contributed by atoms with van der Waals surface area (Å²) in [5.74, 6) is 1.80. The Balaban J connectivity index is 1.70. The van der Waals surface area contributed by atoms with Crippen LogP contribution in [0, 0.1) is 28.6 Å². The first-order valence-corrected chi connectivity index (χ1v) is 9.08. The van der Waals surface area contributed by atoms with Crippen molar-refractivity contribution in [2.24, 2.45) is 28.6 Å². The fourth-order valence-electron chi connectivity index (χ4n) is 6.49. The van der Waals surface area contributed by atoms with E-state index in [1.807, 2.05) is 6.08 Å². The molecule has 1 N–H and O–H groups in total. The molecule has 2 heteroatoms. The molecule has 4 aliphatic carbocycles. The van der Waals surface area contributed by atoms with Crippen LogP contribution >= 0.6 is 0 Å². The Morgan fingerprint density at radius 3 is 2.77 bits per heavy atom. The number of aliphatic carboxylic acids is 1. The number of fused-ring (bicyclic) bond motifs is 5. The summed E-state index contributed by atoms with van der Waals surface area (Å²) in [7, 11) is 0. The summed E-state index contributed by atoms with van der Waals surface area (Å²) in [6.45, 7) is 4.95. The Kier molecular flexibility index (Phi) is 3.12. The van der Waals surface area contributed by atoms with Gasteiger partial charge >= 0.3 is 5.97 Å². The van der Waals surface area contributed by atoms with E-state index in [1.165, 1.54) is 44.1 Å². The van der Waals surface area contributed by atoms with E-state index in [2.05, 4.69) is 19.9 Å². The van der Waals surface area contributed by atoms with E-state index in [-0.39, 0.29) is 5.41 Å². The monoisotopic (exact) mass is 300 g/mol. The predicted molar refractivity (Wildman–Crippen MR) is 87.4 cm³/mol. The van der Waals surface area contributed by atoms with Gasteiger partial charge in [0.2, 0.25) is 0 Å². The van der Waals surface area contributed by atoms with E-state index < -0.39 is 5.97 Å². The fourth-order valence-corrected chi connectivity index (χ4v) is 6.49. The van der Waals surface area contributed by atoms with Gasteiger partial charge in [-0.15, -0.1) is 0 Å². The van der Waals surface area contributed by atoms with Gasteiger partial charge in [0.1, 0.15) is 0 Å². The average Bonchev–Trinajstić information content (AvgIpc) is 2.88. The Labute approximate surface area is 133 Å². The standard InChI is InChI=1S/C20H28O2/c1-19-9-3-4-16(19)15-6-5-14-12-13(18(21)22)7-11-20(14,2)17(15)8-10-19/h5,12,15-17H,3-4,6-11H2,1-2H3,(H,21,22)/t15?,16?,17?,19-,20-/m0/s1. The molecule has 0 aliphatic heterocycles. The van der Waals surface area contributed by atoms with Crippen LogP contribution in [0.3, 0.4) is 0 Å². The smallest absolute Gasteiger partial charge is 0.331 e. The van der Waals surface area contributed by atoms with Gasteiger partial charge < -0.3 is 5.11 Å². The Bertz CT molecular complexity index is 572. The van der Waals surface area contributed by atoms with Crippen LogP contribution in [0.4, 0.5) is 0 Å². The van der Waals surface area contributed by atoms with Crippen molar-refractivity contribution in [3.8, 4) is 0 Å². The zero-order valence-corrected chi connectivity index (χ0v) is 13.9. The molecule has 0 aromatic rings. The SMILES string of the molecule is C[C@@]12CCCC1C1CC=C3C=C(C(=O)O)CC[C@]3(C)C1CC2. The second-order valence-corrected chi connectivity index (χ2v) is 8.75. The lowest BCUT2D eigenvalue weighted by Gasteiger charge is -2.56. The first-order valence-electron chi connectivity index (χ1n) is 9.08. The van der Waals surface area contributed by atoms with Crippen molar-refractivity contribution >= 4 is 5.97 Å². The number of rotatable bonds is 1. The molecule has 4 rings (SSSR count). The van der Waals surface area contributed by atoms with Crippen LogP contribution in [-0.2, 0) is 4.79 Å². The molecule has 0 spiro atoms. The minimum Gasteiger partial charge on any atom is -0.478 e. The molecule has 2 nitrogen and oxygen atoms in total. The summed E-state index contributed by atoms with van der Waals surface area (Å²) < 4.78 is 0. The molecule has 0 bridgehead atoms. The van der Waals surface area contributed by atoms with Crippen molar-refractivity contribution in [3.63, 3.8) is 0 Å². The Hall–Kier alpha value is -1.05. The van der Waals surface area contributed by atoms with Gasteiger partial charge in [-0.1, -0.05) is 26.3 Å². The van der Waals surface area contributed by atoms with E-state index in [9.17, 15) is 9.90 Å². The zero-order valence-electron chi connectivity index (χ0n) is 13.9. The summed E-state index contributed by atoms with van der Waals surface area (Å²) in [4.78, 5) is 11.3. The molecule has 0 radical (unpaired) electrons. The molecule has 120 valence electrons. The average molecular weight is 300 g/mol. The van der Waals surface area contributed by atoms with Crippen molar-refractivity contribution in [3.05, 3.63) is 23.3 Å². The summed E-state index contributed by atoms with van der Waals surface area (Å²) in [5.41, 5.74) is 2.77. The van der Waals surface area contributed by atoms with Crippen LogP contribution in [0.2, 0.25) is 0 Å². The second kappa shape index (κ2) is 4.72. The van der Waals surface area contributed by atoms with Gasteiger partial charge in [0.25, 0.3) is 0 Å². The normalized spacial score (nSPS) is 46.9. The number of carbonyl (C=O) groups is 1. The van der Waals surface area contributed by atoms with Gasteiger partial charge in [-0.2, -0.15) is 0 Å². The zero-order chi connectivity index (χ0) is 15.5. The van der Waals surface area contributed by atoms with Gasteiger partial charge in [-0.25, -0.2) is 4.79 Å². The lowest BCUT2D eigenvalue weighted by Crippen LogP contribution is -2.48. The van der Waals surface area contributed by atoms with E-state index >= 15 is 0 Å². The molecule has 5 atom stereocenters. The van der Waals surface area contributed by atoms with Crippen molar-refractivity contribution in [1.29, 1.82) is 0 Å². The lowest BCUT2D eigenvalue weighted by molar-refractivity contribution is -0.133. The first kappa shape index (κ1) is 14.5. The van der Waals surface area contributed by atoms with Gasteiger partial charge in [0, 0.05) is 5.57 Å². The largest absolute Gasteiger partial charge is 0.478 e. The predicted octanol–water partition coefficient (Wildman–Crippen LogP) is 4.96. The van der Waals surface area contributed by atoms with Gasteiger partial charge in [-0.3, -0.25) is 0 Å². The van der Waals surface area contributed by atoms with Crippen molar-refractivity contribution in [2.45, 2.75) is 65.2 Å². The number of carboxylic acids is 1. The highest BCUT2D eigenvalue weighted by Gasteiger charge is 2.55. The van der Waals surface area contributed by atoms with E-state index in [0.717, 1.165) is 30.6 Å². The van der Waals surface area contributed by atoms with E-state index in [4.69, 9.17) is 0 Å². The quantitative estimate of drug-likeness (QED) is 0.743. The Morgan fingerprint density at radius 2 is 2.00 bits per heavy atom.